The van der Waals surface area contributed by atoms with Gasteiger partial charge in [0.2, 0.25) is 0 Å². The first kappa shape index (κ1) is 34.3. The maximum absolute atomic E-state index is 12.0. The average Bonchev–Trinajstić information content (AvgIpc) is 2.27. The molecular formula is C8H12Ac4F3NO6. The standard InChI is InChI=1S/C8H12F3NO6.4Ac/c9-8(10,11)7(17)12-3-5(15)4(14)2(1-13)18-6(3)16;;;;/h2-6,13-16H,1H2,(H,12,17);;;;/t2?,3-,4-,5?,6?;;;;/m1..../s1. The number of halogens is 3. The van der Waals surface area contributed by atoms with E-state index in [0.29, 0.717) is 0 Å². The van der Waals surface area contributed by atoms with Crippen molar-refractivity contribution in [1.29, 1.82) is 0 Å². The Morgan fingerprint density at radius 3 is 1.86 bits per heavy atom. The first-order valence-corrected chi connectivity index (χ1v) is 4.86. The molecule has 0 aromatic carbocycles. The van der Waals surface area contributed by atoms with Gasteiger partial charge in [-0.25, -0.2) is 0 Å². The molecule has 1 saturated heterocycles. The van der Waals surface area contributed by atoms with Gasteiger partial charge in [-0.3, -0.25) is 4.79 Å². The molecule has 1 fully saturated rings. The second-order valence-electron chi connectivity index (χ2n) is 3.73. The van der Waals surface area contributed by atoms with Gasteiger partial charge in [0.15, 0.2) is 6.29 Å². The van der Waals surface area contributed by atoms with Crippen LogP contribution in [-0.2, 0) is 9.53 Å². The molecule has 5 atom stereocenters. The van der Waals surface area contributed by atoms with Crippen molar-refractivity contribution < 1.29 is 219 Å². The Bertz CT molecular complexity index is 327. The third kappa shape index (κ3) is 10.4. The van der Waals surface area contributed by atoms with E-state index in [1.54, 1.807) is 0 Å². The Hall–Kier alpha value is 4.83. The second kappa shape index (κ2) is 15.7. The first-order chi connectivity index (χ1) is 8.18. The number of alkyl halides is 3. The van der Waals surface area contributed by atoms with E-state index in [1.165, 1.54) is 5.32 Å². The van der Waals surface area contributed by atoms with E-state index < -0.39 is 49.3 Å². The van der Waals surface area contributed by atoms with Crippen LogP contribution in [0.4, 0.5) is 13.2 Å². The summed E-state index contributed by atoms with van der Waals surface area (Å²) >= 11 is 0. The van der Waals surface area contributed by atoms with E-state index in [0.717, 1.165) is 0 Å². The molecule has 1 heterocycles. The van der Waals surface area contributed by atoms with Gasteiger partial charge in [0, 0.05) is 176 Å². The van der Waals surface area contributed by atoms with E-state index in [9.17, 15) is 33.3 Å². The fourth-order valence-electron chi connectivity index (χ4n) is 1.49. The summed E-state index contributed by atoms with van der Waals surface area (Å²) in [6.45, 7) is -0.755. The van der Waals surface area contributed by atoms with Crippen LogP contribution in [0.3, 0.4) is 0 Å². The Kier molecular flexibility index (Phi) is 24.5. The molecular weight excluding hydrogens is 1170 g/mol. The molecule has 4 radical (unpaired) electrons. The molecule has 1 aliphatic rings. The third-order valence-corrected chi connectivity index (χ3v) is 2.46. The molecule has 1 aliphatic heterocycles. The van der Waals surface area contributed by atoms with Crippen molar-refractivity contribution in [1.82, 2.24) is 5.32 Å². The number of rotatable bonds is 2. The van der Waals surface area contributed by atoms with Crippen LogP contribution in [0.2, 0.25) is 0 Å². The van der Waals surface area contributed by atoms with Crippen molar-refractivity contribution in [3.63, 3.8) is 0 Å². The summed E-state index contributed by atoms with van der Waals surface area (Å²) in [5.41, 5.74) is 0. The van der Waals surface area contributed by atoms with Gasteiger partial charge in [-0.05, 0) is 0 Å². The summed E-state index contributed by atoms with van der Waals surface area (Å²) in [6, 6.07) is -1.85. The fourth-order valence-corrected chi connectivity index (χ4v) is 1.49. The van der Waals surface area contributed by atoms with Gasteiger partial charge in [-0.15, -0.1) is 0 Å². The van der Waals surface area contributed by atoms with E-state index in [4.69, 9.17) is 5.11 Å². The normalized spacial score (nSPS) is 30.6. The molecule has 3 unspecified atom stereocenters. The topological polar surface area (TPSA) is 119 Å². The van der Waals surface area contributed by atoms with Crippen molar-refractivity contribution in [2.45, 2.75) is 36.8 Å². The van der Waals surface area contributed by atoms with Gasteiger partial charge in [-0.2, -0.15) is 13.2 Å². The van der Waals surface area contributed by atoms with Crippen LogP contribution in [0.5, 0.6) is 0 Å². The summed E-state index contributed by atoms with van der Waals surface area (Å²) in [5.74, 6) is -2.39. The van der Waals surface area contributed by atoms with Crippen LogP contribution >= 0.6 is 0 Å². The number of hydrogen-bond donors (Lipinski definition) is 5. The summed E-state index contributed by atoms with van der Waals surface area (Å²) < 4.78 is 40.5. The molecule has 118 valence electrons. The van der Waals surface area contributed by atoms with Crippen LogP contribution < -0.4 is 5.32 Å². The van der Waals surface area contributed by atoms with Crippen molar-refractivity contribution in [2.75, 3.05) is 6.61 Å². The molecule has 5 N–H and O–H groups in total. The SMILES string of the molecule is O=C(N[C@H]1C(O)OC(CO)[C@@H](O)C1O)C(F)(F)F.[Ac].[Ac].[Ac].[Ac]. The average molecular weight is 1180 g/mol. The van der Waals surface area contributed by atoms with E-state index >= 15 is 0 Å². The van der Waals surface area contributed by atoms with Gasteiger partial charge >= 0.3 is 12.1 Å². The minimum Gasteiger partial charge on any atom is -0.394 e. The molecule has 0 bridgehead atoms. The molecule has 0 saturated carbocycles. The molecule has 14 heteroatoms. The number of ether oxygens (including phenoxy) is 1. The van der Waals surface area contributed by atoms with Crippen LogP contribution in [-0.4, -0.2) is 69.8 Å². The monoisotopic (exact) mass is 1180 g/mol. The quantitative estimate of drug-likeness (QED) is 0.209. The Balaban J connectivity index is -0.000000405. The first-order valence-electron chi connectivity index (χ1n) is 4.86. The number of aliphatic hydroxyl groups excluding tert-OH is 4. The van der Waals surface area contributed by atoms with Gasteiger partial charge in [0.1, 0.15) is 24.4 Å². The molecule has 0 aromatic rings. The summed E-state index contributed by atoms with van der Waals surface area (Å²) in [7, 11) is 0. The molecule has 0 spiro atoms. The predicted molar refractivity (Wildman–Crippen MR) is 48.0 cm³/mol. The summed E-state index contributed by atoms with van der Waals surface area (Å²) in [4.78, 5) is 10.6. The van der Waals surface area contributed by atoms with E-state index in [-0.39, 0.29) is 176 Å². The van der Waals surface area contributed by atoms with Crippen LogP contribution in [0.15, 0.2) is 0 Å². The van der Waals surface area contributed by atoms with Crippen molar-refractivity contribution in [3.05, 3.63) is 0 Å². The van der Waals surface area contributed by atoms with Gasteiger partial charge in [0.25, 0.3) is 0 Å². The Morgan fingerprint density at radius 1 is 1.05 bits per heavy atom. The third-order valence-electron chi connectivity index (χ3n) is 2.46. The van der Waals surface area contributed by atoms with Gasteiger partial charge in [-0.1, -0.05) is 0 Å². The number of hydrogen-bond acceptors (Lipinski definition) is 6. The van der Waals surface area contributed by atoms with Crippen LogP contribution in [0.25, 0.3) is 0 Å². The van der Waals surface area contributed by atoms with Crippen LogP contribution in [0, 0.1) is 176 Å². The van der Waals surface area contributed by atoms with Crippen molar-refractivity contribution >= 4 is 5.91 Å². The molecule has 22 heavy (non-hydrogen) atoms. The van der Waals surface area contributed by atoms with Crippen molar-refractivity contribution in [2.24, 2.45) is 0 Å². The number of carbonyl (C=O) groups is 1. The number of carbonyl (C=O) groups excluding carboxylic acids is 1. The number of amides is 1. The number of aliphatic hydroxyl groups is 4. The largest absolute Gasteiger partial charge is 0.471 e. The van der Waals surface area contributed by atoms with Gasteiger partial charge in [0.05, 0.1) is 6.61 Å². The zero-order valence-electron chi connectivity index (χ0n) is 11.1. The van der Waals surface area contributed by atoms with E-state index in [1.807, 2.05) is 0 Å². The zero-order chi connectivity index (χ0) is 14.1. The fraction of sp³-hybridized carbons (Fsp3) is 0.875. The maximum Gasteiger partial charge on any atom is 0.471 e. The van der Waals surface area contributed by atoms with E-state index in [2.05, 4.69) is 4.74 Å². The maximum atomic E-state index is 12.0. The van der Waals surface area contributed by atoms with Crippen molar-refractivity contribution in [3.8, 4) is 0 Å². The molecule has 7 nitrogen and oxygen atoms in total. The Morgan fingerprint density at radius 2 is 1.50 bits per heavy atom. The minimum absolute atomic E-state index is 0. The summed E-state index contributed by atoms with van der Waals surface area (Å²) in [6.07, 6.45) is -12.2. The summed E-state index contributed by atoms with van der Waals surface area (Å²) in [5, 5.41) is 38.1. The molecule has 0 aromatic heterocycles. The van der Waals surface area contributed by atoms with Gasteiger partial charge < -0.3 is 30.5 Å². The smallest absolute Gasteiger partial charge is 0.394 e. The zero-order valence-corrected chi connectivity index (χ0v) is 30.1. The Labute approximate surface area is 267 Å². The number of nitrogens with one attached hydrogen (secondary N) is 1. The molecule has 0 aliphatic carbocycles. The van der Waals surface area contributed by atoms with Crippen LogP contribution in [0.1, 0.15) is 0 Å². The predicted octanol–water partition coefficient (Wildman–Crippen LogP) is -2.54. The minimum atomic E-state index is -5.20. The molecule has 1 amide bonds. The second-order valence-corrected chi connectivity index (χ2v) is 3.73. The molecule has 1 rings (SSSR count).